The van der Waals surface area contributed by atoms with Gasteiger partial charge in [-0.1, -0.05) is 36.9 Å². The molecular formula is C25H35ClN4O3. The fourth-order valence-electron chi connectivity index (χ4n) is 5.19. The van der Waals surface area contributed by atoms with Crippen LogP contribution in [0.1, 0.15) is 51.4 Å². The number of likely N-dealkylation sites (tertiary alicyclic amines) is 1. The molecule has 0 bridgehead atoms. The first-order chi connectivity index (χ1) is 16.0. The number of carbonyl (C=O) groups is 3. The van der Waals surface area contributed by atoms with E-state index in [9.17, 15) is 14.4 Å². The van der Waals surface area contributed by atoms with Crippen LogP contribution in [0.5, 0.6) is 0 Å². The van der Waals surface area contributed by atoms with Crippen molar-refractivity contribution in [2.45, 2.75) is 57.4 Å². The molecule has 1 N–H and O–H groups in total. The summed E-state index contributed by atoms with van der Waals surface area (Å²) in [5.41, 5.74) is 1.17. The zero-order chi connectivity index (χ0) is 23.2. The average molecular weight is 475 g/mol. The minimum Gasteiger partial charge on any atom is -0.369 e. The first-order valence-corrected chi connectivity index (χ1v) is 12.8. The number of anilines is 1. The molecule has 1 unspecified atom stereocenters. The summed E-state index contributed by atoms with van der Waals surface area (Å²) >= 11 is 6.11. The highest BCUT2D eigenvalue weighted by atomic mass is 35.5. The Kier molecular flexibility index (Phi) is 8.25. The highest BCUT2D eigenvalue weighted by Crippen LogP contribution is 2.25. The standard InChI is InChI=1S/C25H35ClN4O3/c26-20-9-6-10-21(17-20)29-15-13-28(14-16-29)11-4-5-12-30-23(31)18-22(25(30)33)27-24(32)19-7-2-1-3-8-19/h6,9-10,17,19,22H,1-5,7-8,11-16,18H2,(H,27,32). The summed E-state index contributed by atoms with van der Waals surface area (Å²) in [5.74, 6) is -0.460. The minimum absolute atomic E-state index is 0.00459. The zero-order valence-corrected chi connectivity index (χ0v) is 20.1. The maximum absolute atomic E-state index is 12.7. The van der Waals surface area contributed by atoms with Crippen LogP contribution < -0.4 is 10.2 Å². The molecule has 1 atom stereocenters. The third-order valence-corrected chi connectivity index (χ3v) is 7.42. The molecule has 0 spiro atoms. The summed E-state index contributed by atoms with van der Waals surface area (Å²) in [4.78, 5) is 43.7. The number of rotatable bonds is 8. The molecule has 3 aliphatic rings. The Morgan fingerprint density at radius 2 is 1.73 bits per heavy atom. The molecule has 1 aliphatic carbocycles. The van der Waals surface area contributed by atoms with Gasteiger partial charge in [-0.15, -0.1) is 0 Å². The number of piperazine rings is 1. The van der Waals surface area contributed by atoms with Crippen LogP contribution in [-0.4, -0.2) is 72.8 Å². The Bertz CT molecular complexity index is 850. The van der Waals surface area contributed by atoms with Crippen LogP contribution in [0.4, 0.5) is 5.69 Å². The van der Waals surface area contributed by atoms with E-state index in [-0.39, 0.29) is 30.1 Å². The Morgan fingerprint density at radius 3 is 2.45 bits per heavy atom. The van der Waals surface area contributed by atoms with E-state index in [2.05, 4.69) is 21.2 Å². The van der Waals surface area contributed by atoms with E-state index in [1.165, 1.54) is 17.0 Å². The molecule has 7 nitrogen and oxygen atoms in total. The molecule has 2 heterocycles. The second-order valence-electron chi connectivity index (χ2n) is 9.50. The number of unbranched alkanes of at least 4 members (excludes halogenated alkanes) is 1. The molecule has 3 fully saturated rings. The van der Waals surface area contributed by atoms with E-state index >= 15 is 0 Å². The number of halogens is 1. The van der Waals surface area contributed by atoms with Gasteiger partial charge >= 0.3 is 0 Å². The quantitative estimate of drug-likeness (QED) is 0.463. The smallest absolute Gasteiger partial charge is 0.252 e. The first kappa shape index (κ1) is 24.0. The summed E-state index contributed by atoms with van der Waals surface area (Å²) in [6.45, 7) is 5.31. The van der Waals surface area contributed by atoms with Gasteiger partial charge in [0, 0.05) is 49.4 Å². The lowest BCUT2D eigenvalue weighted by Crippen LogP contribution is -2.46. The van der Waals surface area contributed by atoms with Crippen molar-refractivity contribution in [2.24, 2.45) is 5.92 Å². The Hall–Kier alpha value is -2.12. The number of imide groups is 1. The topological polar surface area (TPSA) is 73.0 Å². The predicted molar refractivity (Wildman–Crippen MR) is 129 cm³/mol. The van der Waals surface area contributed by atoms with Gasteiger partial charge in [0.1, 0.15) is 6.04 Å². The van der Waals surface area contributed by atoms with Gasteiger partial charge in [-0.05, 0) is 50.4 Å². The number of benzene rings is 1. The van der Waals surface area contributed by atoms with Crippen molar-refractivity contribution < 1.29 is 14.4 Å². The fraction of sp³-hybridized carbons (Fsp3) is 0.640. The molecule has 0 radical (unpaired) electrons. The van der Waals surface area contributed by atoms with Crippen LogP contribution in [0.3, 0.4) is 0 Å². The van der Waals surface area contributed by atoms with Gasteiger partial charge < -0.3 is 10.2 Å². The number of hydrogen-bond donors (Lipinski definition) is 1. The molecular weight excluding hydrogens is 440 g/mol. The molecule has 1 aromatic carbocycles. The van der Waals surface area contributed by atoms with Crippen LogP contribution in [0.2, 0.25) is 5.02 Å². The van der Waals surface area contributed by atoms with Crippen LogP contribution in [-0.2, 0) is 14.4 Å². The largest absolute Gasteiger partial charge is 0.369 e. The first-order valence-electron chi connectivity index (χ1n) is 12.4. The molecule has 1 aromatic rings. The second-order valence-corrected chi connectivity index (χ2v) is 9.94. The summed E-state index contributed by atoms with van der Waals surface area (Å²) in [6.07, 6.45) is 6.91. The predicted octanol–water partition coefficient (Wildman–Crippen LogP) is 3.07. The van der Waals surface area contributed by atoms with Crippen molar-refractivity contribution in [2.75, 3.05) is 44.2 Å². The molecule has 4 rings (SSSR count). The van der Waals surface area contributed by atoms with Crippen molar-refractivity contribution in [3.05, 3.63) is 29.3 Å². The van der Waals surface area contributed by atoms with Gasteiger partial charge in [0.05, 0.1) is 6.42 Å². The second kappa shape index (κ2) is 11.3. The van der Waals surface area contributed by atoms with Crippen LogP contribution >= 0.6 is 11.6 Å². The van der Waals surface area contributed by atoms with E-state index in [1.54, 1.807) is 0 Å². The molecule has 3 amide bonds. The van der Waals surface area contributed by atoms with Crippen molar-refractivity contribution in [3.8, 4) is 0 Å². The van der Waals surface area contributed by atoms with Gasteiger partial charge in [-0.2, -0.15) is 0 Å². The Morgan fingerprint density at radius 1 is 1.00 bits per heavy atom. The third-order valence-electron chi connectivity index (χ3n) is 7.19. The third kappa shape index (κ3) is 6.27. The van der Waals surface area contributed by atoms with Gasteiger partial charge in [0.15, 0.2) is 0 Å². The lowest BCUT2D eigenvalue weighted by molar-refractivity contribution is -0.140. The highest BCUT2D eigenvalue weighted by molar-refractivity contribution is 6.30. The minimum atomic E-state index is -0.675. The number of amides is 3. The summed E-state index contributed by atoms with van der Waals surface area (Å²) in [6, 6.07) is 7.30. The van der Waals surface area contributed by atoms with Crippen molar-refractivity contribution in [1.82, 2.24) is 15.1 Å². The van der Waals surface area contributed by atoms with Crippen LogP contribution in [0, 0.1) is 5.92 Å². The fourth-order valence-corrected chi connectivity index (χ4v) is 5.38. The lowest BCUT2D eigenvalue weighted by Gasteiger charge is -2.36. The highest BCUT2D eigenvalue weighted by Gasteiger charge is 2.39. The zero-order valence-electron chi connectivity index (χ0n) is 19.3. The molecule has 2 aliphatic heterocycles. The number of carbonyl (C=O) groups excluding carboxylic acids is 3. The molecule has 8 heteroatoms. The van der Waals surface area contributed by atoms with Gasteiger partial charge in [-0.25, -0.2) is 0 Å². The maximum atomic E-state index is 12.7. The average Bonchev–Trinajstić information content (AvgIpc) is 3.10. The maximum Gasteiger partial charge on any atom is 0.252 e. The van der Waals surface area contributed by atoms with E-state index in [0.29, 0.717) is 6.54 Å². The Balaban J connectivity index is 1.14. The van der Waals surface area contributed by atoms with Crippen molar-refractivity contribution >= 4 is 35.0 Å². The number of nitrogens with one attached hydrogen (secondary N) is 1. The van der Waals surface area contributed by atoms with E-state index < -0.39 is 6.04 Å². The monoisotopic (exact) mass is 474 g/mol. The summed E-state index contributed by atoms with van der Waals surface area (Å²) in [5, 5.41) is 3.61. The summed E-state index contributed by atoms with van der Waals surface area (Å²) in [7, 11) is 0. The van der Waals surface area contributed by atoms with Gasteiger partial charge in [-0.3, -0.25) is 24.2 Å². The van der Waals surface area contributed by atoms with E-state index in [0.717, 1.165) is 76.3 Å². The molecule has 0 aromatic heterocycles. The normalized spacial score (nSPS) is 22.8. The molecule has 180 valence electrons. The molecule has 2 saturated heterocycles. The van der Waals surface area contributed by atoms with Gasteiger partial charge in [0.2, 0.25) is 11.8 Å². The molecule has 1 saturated carbocycles. The number of hydrogen-bond acceptors (Lipinski definition) is 5. The van der Waals surface area contributed by atoms with Gasteiger partial charge in [0.25, 0.3) is 5.91 Å². The lowest BCUT2D eigenvalue weighted by atomic mass is 9.88. The van der Waals surface area contributed by atoms with E-state index in [4.69, 9.17) is 11.6 Å². The van der Waals surface area contributed by atoms with Crippen LogP contribution in [0.15, 0.2) is 24.3 Å². The van der Waals surface area contributed by atoms with E-state index in [1.807, 2.05) is 18.2 Å². The SMILES string of the molecule is O=C(NC1CC(=O)N(CCCCN2CCN(c3cccc(Cl)c3)CC2)C1=O)C1CCCCC1. The van der Waals surface area contributed by atoms with Crippen molar-refractivity contribution in [3.63, 3.8) is 0 Å². The van der Waals surface area contributed by atoms with Crippen molar-refractivity contribution in [1.29, 1.82) is 0 Å². The summed E-state index contributed by atoms with van der Waals surface area (Å²) < 4.78 is 0. The molecule has 33 heavy (non-hydrogen) atoms. The number of nitrogens with zero attached hydrogens (tertiary/aromatic N) is 3. The van der Waals surface area contributed by atoms with Crippen LogP contribution in [0.25, 0.3) is 0 Å². The Labute approximate surface area is 201 Å².